The van der Waals surface area contributed by atoms with Crippen molar-refractivity contribution in [1.82, 2.24) is 20.4 Å². The van der Waals surface area contributed by atoms with E-state index in [9.17, 15) is 9.59 Å². The summed E-state index contributed by atoms with van der Waals surface area (Å²) >= 11 is 0. The minimum absolute atomic E-state index is 0.0861. The van der Waals surface area contributed by atoms with E-state index in [1.807, 2.05) is 11.9 Å². The van der Waals surface area contributed by atoms with Crippen LogP contribution < -0.4 is 10.9 Å². The van der Waals surface area contributed by atoms with Gasteiger partial charge < -0.3 is 10.2 Å². The molecule has 104 valence electrons. The number of nitrogens with one attached hydrogen (secondary N) is 2. The maximum atomic E-state index is 12.4. The fourth-order valence-electron chi connectivity index (χ4n) is 2.49. The van der Waals surface area contributed by atoms with Crippen LogP contribution in [-0.4, -0.2) is 47.2 Å². The normalized spacial score (nSPS) is 19.4. The predicted octanol–water partition coefficient (Wildman–Crippen LogP) is 0.374. The van der Waals surface area contributed by atoms with Gasteiger partial charge in [0.15, 0.2) is 0 Å². The summed E-state index contributed by atoms with van der Waals surface area (Å²) in [6.07, 6.45) is 4.19. The number of hydrogen-bond donors (Lipinski definition) is 2. The summed E-state index contributed by atoms with van der Waals surface area (Å²) in [4.78, 5) is 25.3. The summed E-state index contributed by atoms with van der Waals surface area (Å²) < 4.78 is 0. The average molecular weight is 264 g/mol. The summed E-state index contributed by atoms with van der Waals surface area (Å²) in [6.45, 7) is 1.67. The summed E-state index contributed by atoms with van der Waals surface area (Å²) in [5, 5.41) is 9.26. The highest BCUT2D eigenvalue weighted by Gasteiger charge is 2.27. The van der Waals surface area contributed by atoms with E-state index in [4.69, 9.17) is 0 Å². The molecule has 0 bridgehead atoms. The van der Waals surface area contributed by atoms with Crippen LogP contribution in [0.25, 0.3) is 0 Å². The van der Waals surface area contributed by atoms with Crippen LogP contribution in [-0.2, 0) is 0 Å². The summed E-state index contributed by atoms with van der Waals surface area (Å²) in [7, 11) is 1.92. The Morgan fingerprint density at radius 2 is 2.37 bits per heavy atom. The number of H-pyrrole nitrogens is 1. The van der Waals surface area contributed by atoms with Gasteiger partial charge in [-0.25, -0.2) is 5.10 Å². The Hall–Kier alpha value is -1.69. The van der Waals surface area contributed by atoms with Crippen LogP contribution in [0.1, 0.15) is 36.2 Å². The van der Waals surface area contributed by atoms with Crippen LogP contribution in [0, 0.1) is 0 Å². The van der Waals surface area contributed by atoms with Crippen LogP contribution in [0.2, 0.25) is 0 Å². The number of piperidine rings is 1. The third-order valence-electron chi connectivity index (χ3n) is 3.51. The van der Waals surface area contributed by atoms with Gasteiger partial charge in [0.1, 0.15) is 5.69 Å². The van der Waals surface area contributed by atoms with Crippen molar-refractivity contribution in [2.75, 3.05) is 20.1 Å². The van der Waals surface area contributed by atoms with Crippen LogP contribution in [0.15, 0.2) is 16.9 Å². The van der Waals surface area contributed by atoms with E-state index in [0.29, 0.717) is 5.69 Å². The van der Waals surface area contributed by atoms with Gasteiger partial charge in [-0.15, -0.1) is 0 Å². The molecular weight excluding hydrogens is 244 g/mol. The first-order chi connectivity index (χ1) is 9.22. The third-order valence-corrected chi connectivity index (χ3v) is 3.51. The van der Waals surface area contributed by atoms with Crippen LogP contribution in [0.5, 0.6) is 0 Å². The molecule has 6 heteroatoms. The van der Waals surface area contributed by atoms with Gasteiger partial charge >= 0.3 is 0 Å². The highest BCUT2D eigenvalue weighted by Crippen LogP contribution is 2.20. The molecule has 0 spiro atoms. The Balaban J connectivity index is 2.10. The summed E-state index contributed by atoms with van der Waals surface area (Å²) in [5.74, 6) is -0.0861. The van der Waals surface area contributed by atoms with Gasteiger partial charge in [0.2, 0.25) is 0 Å². The molecule has 1 saturated heterocycles. The van der Waals surface area contributed by atoms with Gasteiger partial charge in [-0.1, -0.05) is 0 Å². The van der Waals surface area contributed by atoms with E-state index >= 15 is 0 Å². The number of carbonyl (C=O) groups is 1. The molecule has 0 radical (unpaired) electrons. The zero-order valence-electron chi connectivity index (χ0n) is 11.2. The molecule has 0 saturated carbocycles. The van der Waals surface area contributed by atoms with Crippen molar-refractivity contribution in [2.24, 2.45) is 0 Å². The van der Waals surface area contributed by atoms with Crippen molar-refractivity contribution in [2.45, 2.75) is 31.7 Å². The second kappa shape index (κ2) is 6.47. The second-order valence-corrected chi connectivity index (χ2v) is 4.85. The predicted molar refractivity (Wildman–Crippen MR) is 72.1 cm³/mol. The fraction of sp³-hybridized carbons (Fsp3) is 0.615. The molecule has 1 aliphatic rings. The Morgan fingerprint density at radius 3 is 3.05 bits per heavy atom. The monoisotopic (exact) mass is 264 g/mol. The van der Waals surface area contributed by atoms with Crippen LogP contribution >= 0.6 is 0 Å². The van der Waals surface area contributed by atoms with Crippen LogP contribution in [0.4, 0.5) is 0 Å². The molecule has 19 heavy (non-hydrogen) atoms. The van der Waals surface area contributed by atoms with Crippen molar-refractivity contribution < 1.29 is 4.79 Å². The molecule has 2 rings (SSSR count). The molecule has 1 aliphatic heterocycles. The summed E-state index contributed by atoms with van der Waals surface area (Å²) in [6, 6.07) is 3.10. The molecule has 0 aliphatic carbocycles. The molecule has 1 amide bonds. The molecule has 1 unspecified atom stereocenters. The van der Waals surface area contributed by atoms with Crippen molar-refractivity contribution in [3.63, 3.8) is 0 Å². The molecule has 2 heterocycles. The topological polar surface area (TPSA) is 78.1 Å². The Morgan fingerprint density at radius 1 is 1.53 bits per heavy atom. The molecule has 2 N–H and O–H groups in total. The van der Waals surface area contributed by atoms with Gasteiger partial charge in [0.25, 0.3) is 11.5 Å². The number of aromatic nitrogens is 2. The smallest absolute Gasteiger partial charge is 0.274 e. The lowest BCUT2D eigenvalue weighted by Crippen LogP contribution is -2.45. The molecule has 1 aromatic rings. The largest absolute Gasteiger partial charge is 0.334 e. The number of amides is 1. The highest BCUT2D eigenvalue weighted by molar-refractivity contribution is 5.92. The van der Waals surface area contributed by atoms with E-state index in [1.165, 1.54) is 12.1 Å². The second-order valence-electron chi connectivity index (χ2n) is 4.85. The number of likely N-dealkylation sites (tertiary alicyclic amines) is 1. The van der Waals surface area contributed by atoms with Gasteiger partial charge in [0, 0.05) is 18.7 Å². The molecule has 1 atom stereocenters. The van der Waals surface area contributed by atoms with Crippen LogP contribution in [0.3, 0.4) is 0 Å². The first kappa shape index (κ1) is 13.7. The Labute approximate surface area is 112 Å². The summed E-state index contributed by atoms with van der Waals surface area (Å²) in [5.41, 5.74) is 0.0258. The van der Waals surface area contributed by atoms with Crippen molar-refractivity contribution in [3.8, 4) is 0 Å². The maximum absolute atomic E-state index is 12.4. The molecule has 1 aromatic heterocycles. The van der Waals surface area contributed by atoms with Gasteiger partial charge in [-0.3, -0.25) is 9.59 Å². The van der Waals surface area contributed by atoms with Gasteiger partial charge in [-0.2, -0.15) is 5.10 Å². The zero-order chi connectivity index (χ0) is 13.7. The molecule has 1 fully saturated rings. The highest BCUT2D eigenvalue weighted by atomic mass is 16.2. The fourth-order valence-corrected chi connectivity index (χ4v) is 2.49. The number of carbonyl (C=O) groups excluding carboxylic acids is 1. The lowest BCUT2D eigenvalue weighted by Gasteiger charge is -2.35. The van der Waals surface area contributed by atoms with E-state index in [1.54, 1.807) is 0 Å². The van der Waals surface area contributed by atoms with E-state index < -0.39 is 0 Å². The standard InChI is InChI=1S/C13H20N4O2/c1-14-8-7-10-4-2-3-9-17(10)13(19)11-5-6-12(18)16-15-11/h5-6,10,14H,2-4,7-9H2,1H3,(H,16,18). The minimum Gasteiger partial charge on any atom is -0.334 e. The maximum Gasteiger partial charge on any atom is 0.274 e. The zero-order valence-corrected chi connectivity index (χ0v) is 11.2. The quantitative estimate of drug-likeness (QED) is 0.824. The lowest BCUT2D eigenvalue weighted by molar-refractivity contribution is 0.0595. The van der Waals surface area contributed by atoms with Gasteiger partial charge in [0.05, 0.1) is 0 Å². The van der Waals surface area contributed by atoms with Crippen molar-refractivity contribution >= 4 is 5.91 Å². The SMILES string of the molecule is CNCCC1CCCCN1C(=O)c1ccc(=O)[nH]n1. The molecule has 6 nitrogen and oxygen atoms in total. The van der Waals surface area contributed by atoms with E-state index in [2.05, 4.69) is 15.5 Å². The Kier molecular flexibility index (Phi) is 4.68. The first-order valence-electron chi connectivity index (χ1n) is 6.73. The van der Waals surface area contributed by atoms with Crippen molar-refractivity contribution in [3.05, 3.63) is 28.2 Å². The first-order valence-corrected chi connectivity index (χ1v) is 6.73. The lowest BCUT2D eigenvalue weighted by atomic mass is 9.99. The van der Waals surface area contributed by atoms with E-state index in [-0.39, 0.29) is 17.5 Å². The average Bonchev–Trinajstić information content (AvgIpc) is 2.45. The molecule has 0 aromatic carbocycles. The molecular formula is C13H20N4O2. The minimum atomic E-state index is -0.290. The number of rotatable bonds is 4. The van der Waals surface area contributed by atoms with Gasteiger partial charge in [-0.05, 0) is 45.3 Å². The Bertz CT molecular complexity index is 465. The number of aromatic amines is 1. The van der Waals surface area contributed by atoms with E-state index in [0.717, 1.165) is 38.8 Å². The van der Waals surface area contributed by atoms with Crippen molar-refractivity contribution in [1.29, 1.82) is 0 Å². The third kappa shape index (κ3) is 3.41. The number of hydrogen-bond acceptors (Lipinski definition) is 4. The number of nitrogens with zero attached hydrogens (tertiary/aromatic N) is 2.